The van der Waals surface area contributed by atoms with E-state index in [1.807, 2.05) is 14.0 Å². The van der Waals surface area contributed by atoms with E-state index in [-0.39, 0.29) is 0 Å². The lowest BCUT2D eigenvalue weighted by molar-refractivity contribution is 0.0238. The van der Waals surface area contributed by atoms with Crippen molar-refractivity contribution in [3.63, 3.8) is 0 Å². The molecular formula is C13H26N2O3. The minimum atomic E-state index is -0.413. The largest absolute Gasteiger partial charge is 0.382 e. The van der Waals surface area contributed by atoms with Gasteiger partial charge in [-0.05, 0) is 33.2 Å². The van der Waals surface area contributed by atoms with Crippen molar-refractivity contribution >= 4 is 0 Å². The molecule has 0 heterocycles. The molecule has 1 unspecified atom stereocenters. The Bertz CT molecular complexity index is 231. The molecule has 0 amide bonds. The van der Waals surface area contributed by atoms with Crippen molar-refractivity contribution in [2.45, 2.75) is 31.7 Å². The fourth-order valence-electron chi connectivity index (χ4n) is 1.38. The fourth-order valence-corrected chi connectivity index (χ4v) is 1.38. The predicted octanol–water partition coefficient (Wildman–Crippen LogP) is 1.34. The van der Waals surface area contributed by atoms with Gasteiger partial charge >= 0.3 is 0 Å². The number of nitrogens with zero attached hydrogens (tertiary/aromatic N) is 1. The Labute approximate surface area is 110 Å². The average Bonchev–Trinajstić information content (AvgIpc) is 2.40. The van der Waals surface area contributed by atoms with E-state index >= 15 is 0 Å². The van der Waals surface area contributed by atoms with Crippen molar-refractivity contribution in [1.82, 2.24) is 5.32 Å². The zero-order chi connectivity index (χ0) is 13.7. The molecule has 0 bridgehead atoms. The molecule has 0 aliphatic heterocycles. The van der Waals surface area contributed by atoms with Crippen molar-refractivity contribution in [2.75, 3.05) is 47.2 Å². The van der Waals surface area contributed by atoms with Crippen LogP contribution in [0, 0.1) is 11.3 Å². The standard InChI is InChI=1S/C13H26N2O3/c1-13(12-14,15-2)6-4-5-7-17-10-11-18-9-8-16-3/h15H,4-11H2,1-3H3. The number of nitriles is 1. The first kappa shape index (κ1) is 17.3. The second kappa shape index (κ2) is 11.4. The van der Waals surface area contributed by atoms with Crippen LogP contribution in [0.15, 0.2) is 0 Å². The van der Waals surface area contributed by atoms with Crippen LogP contribution in [-0.2, 0) is 14.2 Å². The Morgan fingerprint density at radius 1 is 1.06 bits per heavy atom. The summed E-state index contributed by atoms with van der Waals surface area (Å²) in [7, 11) is 3.47. The lowest BCUT2D eigenvalue weighted by Crippen LogP contribution is -2.37. The number of nitrogens with one attached hydrogen (secondary N) is 1. The summed E-state index contributed by atoms with van der Waals surface area (Å²) in [5.74, 6) is 0. The van der Waals surface area contributed by atoms with Crippen molar-refractivity contribution in [3.8, 4) is 6.07 Å². The first-order chi connectivity index (χ1) is 8.68. The molecule has 5 heteroatoms. The van der Waals surface area contributed by atoms with Gasteiger partial charge in [0.1, 0.15) is 5.54 Å². The van der Waals surface area contributed by atoms with Gasteiger partial charge in [-0.2, -0.15) is 5.26 Å². The van der Waals surface area contributed by atoms with Gasteiger partial charge in [0.15, 0.2) is 0 Å². The van der Waals surface area contributed by atoms with Crippen LogP contribution >= 0.6 is 0 Å². The molecule has 0 aromatic carbocycles. The number of rotatable bonds is 12. The third kappa shape index (κ3) is 9.37. The maximum Gasteiger partial charge on any atom is 0.103 e. The van der Waals surface area contributed by atoms with Crippen LogP contribution in [0.1, 0.15) is 26.2 Å². The zero-order valence-corrected chi connectivity index (χ0v) is 11.8. The molecule has 5 nitrogen and oxygen atoms in total. The van der Waals surface area contributed by atoms with Gasteiger partial charge in [-0.15, -0.1) is 0 Å². The molecule has 0 rings (SSSR count). The quantitative estimate of drug-likeness (QED) is 0.535. The van der Waals surface area contributed by atoms with Crippen LogP contribution in [0.5, 0.6) is 0 Å². The summed E-state index contributed by atoms with van der Waals surface area (Å²) in [6.45, 7) is 5.09. The maximum absolute atomic E-state index is 8.96. The third-order valence-corrected chi connectivity index (χ3v) is 2.82. The summed E-state index contributed by atoms with van der Waals surface area (Å²) < 4.78 is 15.5. The fraction of sp³-hybridized carbons (Fsp3) is 0.923. The smallest absolute Gasteiger partial charge is 0.103 e. The Kier molecular flexibility index (Phi) is 11.0. The number of hydrogen-bond donors (Lipinski definition) is 1. The molecule has 0 fully saturated rings. The highest BCUT2D eigenvalue weighted by molar-refractivity contribution is 5.02. The summed E-state index contributed by atoms with van der Waals surface area (Å²) in [5.41, 5.74) is -0.413. The van der Waals surface area contributed by atoms with Crippen LogP contribution < -0.4 is 5.32 Å². The van der Waals surface area contributed by atoms with Crippen LogP contribution in [0.25, 0.3) is 0 Å². The molecule has 0 aromatic heterocycles. The molecule has 18 heavy (non-hydrogen) atoms. The second-order valence-corrected chi connectivity index (χ2v) is 4.37. The van der Waals surface area contributed by atoms with E-state index in [0.717, 1.165) is 25.9 Å². The van der Waals surface area contributed by atoms with Gasteiger partial charge in [0.05, 0.1) is 32.5 Å². The number of methoxy groups -OCH3 is 1. The topological polar surface area (TPSA) is 63.5 Å². The van der Waals surface area contributed by atoms with Crippen molar-refractivity contribution in [2.24, 2.45) is 0 Å². The number of hydrogen-bond acceptors (Lipinski definition) is 5. The van der Waals surface area contributed by atoms with E-state index in [1.165, 1.54) is 0 Å². The van der Waals surface area contributed by atoms with E-state index in [0.29, 0.717) is 26.4 Å². The zero-order valence-electron chi connectivity index (χ0n) is 11.8. The Hall–Kier alpha value is -0.670. The van der Waals surface area contributed by atoms with Gasteiger partial charge in [0.2, 0.25) is 0 Å². The van der Waals surface area contributed by atoms with E-state index in [9.17, 15) is 0 Å². The molecule has 106 valence electrons. The highest BCUT2D eigenvalue weighted by atomic mass is 16.5. The monoisotopic (exact) mass is 258 g/mol. The van der Waals surface area contributed by atoms with Crippen LogP contribution in [-0.4, -0.2) is 52.7 Å². The highest BCUT2D eigenvalue weighted by Crippen LogP contribution is 2.11. The molecule has 0 radical (unpaired) electrons. The van der Waals surface area contributed by atoms with E-state index < -0.39 is 5.54 Å². The molecule has 0 saturated carbocycles. The lowest BCUT2D eigenvalue weighted by Gasteiger charge is -2.20. The summed E-state index contributed by atoms with van der Waals surface area (Å²) >= 11 is 0. The van der Waals surface area contributed by atoms with Gasteiger partial charge in [-0.25, -0.2) is 0 Å². The predicted molar refractivity (Wildman–Crippen MR) is 70.4 cm³/mol. The van der Waals surface area contributed by atoms with Crippen molar-refractivity contribution in [3.05, 3.63) is 0 Å². The maximum atomic E-state index is 8.96. The van der Waals surface area contributed by atoms with Gasteiger partial charge in [0.25, 0.3) is 0 Å². The molecule has 1 N–H and O–H groups in total. The Balaban J connectivity index is 3.24. The molecule has 0 saturated heterocycles. The molecule has 0 aromatic rings. The summed E-state index contributed by atoms with van der Waals surface area (Å²) in [5, 5.41) is 12.0. The van der Waals surface area contributed by atoms with Gasteiger partial charge < -0.3 is 19.5 Å². The molecule has 1 atom stereocenters. The molecule has 0 spiro atoms. The van der Waals surface area contributed by atoms with Gasteiger partial charge in [-0.1, -0.05) is 0 Å². The Morgan fingerprint density at radius 3 is 2.22 bits per heavy atom. The number of ether oxygens (including phenoxy) is 3. The van der Waals surface area contributed by atoms with Crippen molar-refractivity contribution < 1.29 is 14.2 Å². The first-order valence-electron chi connectivity index (χ1n) is 6.43. The number of unbranched alkanes of at least 4 members (excludes halogenated alkanes) is 1. The van der Waals surface area contributed by atoms with E-state index in [1.54, 1.807) is 7.11 Å². The molecular weight excluding hydrogens is 232 g/mol. The lowest BCUT2D eigenvalue weighted by atomic mass is 9.97. The summed E-state index contributed by atoms with van der Waals surface area (Å²) in [6.07, 6.45) is 2.79. The second-order valence-electron chi connectivity index (χ2n) is 4.37. The van der Waals surface area contributed by atoms with E-state index in [4.69, 9.17) is 19.5 Å². The summed E-state index contributed by atoms with van der Waals surface area (Å²) in [4.78, 5) is 0. The highest BCUT2D eigenvalue weighted by Gasteiger charge is 2.19. The minimum absolute atomic E-state index is 0.413. The normalized spacial score (nSPS) is 14.1. The molecule has 0 aliphatic rings. The SMILES string of the molecule is CNC(C)(C#N)CCCCOCCOCCOC. The first-order valence-corrected chi connectivity index (χ1v) is 6.43. The average molecular weight is 258 g/mol. The van der Waals surface area contributed by atoms with Gasteiger partial charge in [0, 0.05) is 13.7 Å². The van der Waals surface area contributed by atoms with Gasteiger partial charge in [-0.3, -0.25) is 0 Å². The van der Waals surface area contributed by atoms with Crippen LogP contribution in [0.2, 0.25) is 0 Å². The van der Waals surface area contributed by atoms with Crippen LogP contribution in [0.4, 0.5) is 0 Å². The Morgan fingerprint density at radius 2 is 1.67 bits per heavy atom. The molecule has 0 aliphatic carbocycles. The summed E-state index contributed by atoms with van der Waals surface area (Å²) in [6, 6.07) is 2.28. The van der Waals surface area contributed by atoms with Crippen LogP contribution in [0.3, 0.4) is 0 Å². The minimum Gasteiger partial charge on any atom is -0.382 e. The van der Waals surface area contributed by atoms with E-state index in [2.05, 4.69) is 11.4 Å². The van der Waals surface area contributed by atoms with Crippen molar-refractivity contribution in [1.29, 1.82) is 5.26 Å². The third-order valence-electron chi connectivity index (χ3n) is 2.82.